The normalized spacial score (nSPS) is 16.4. The zero-order valence-electron chi connectivity index (χ0n) is 18.4. The van der Waals surface area contributed by atoms with Gasteiger partial charge in [-0.3, -0.25) is 4.79 Å². The van der Waals surface area contributed by atoms with Crippen molar-refractivity contribution in [2.45, 2.75) is 69.3 Å². The zero-order chi connectivity index (χ0) is 20.9. The molecule has 1 aliphatic rings. The maximum atomic E-state index is 11.4. The Balaban J connectivity index is 2.14. The van der Waals surface area contributed by atoms with E-state index in [1.54, 1.807) is 11.8 Å². The Hall–Kier alpha value is -0.983. The van der Waals surface area contributed by atoms with Crippen LogP contribution in [0.1, 0.15) is 53.5 Å². The van der Waals surface area contributed by atoms with Crippen LogP contribution >= 0.6 is 11.8 Å². The molecule has 0 aliphatic carbocycles. The summed E-state index contributed by atoms with van der Waals surface area (Å²) >= 11 is 1.78. The minimum absolute atomic E-state index is 0.0603. The average Bonchev–Trinajstić information content (AvgIpc) is 2.61. The number of ether oxygens (including phenoxy) is 2. The fraction of sp³-hybridized carbons (Fsp3) is 0.682. The summed E-state index contributed by atoms with van der Waals surface area (Å²) in [6.07, 6.45) is 0.426. The summed E-state index contributed by atoms with van der Waals surface area (Å²) in [6.45, 7) is 15.2. The molecule has 1 saturated heterocycles. The first kappa shape index (κ1) is 23.3. The first-order valence-electron chi connectivity index (χ1n) is 10.3. The molecular formula is C22H36O4SSi. The molecule has 6 heteroatoms. The summed E-state index contributed by atoms with van der Waals surface area (Å²) in [5.41, 5.74) is 2.89. The number of hydrogen-bond donors (Lipinski definition) is 0. The minimum Gasteiger partial charge on any atom is -0.543 e. The Morgan fingerprint density at radius 3 is 2.00 bits per heavy atom. The number of carbonyl (C=O) groups excluding carboxylic acids is 1. The van der Waals surface area contributed by atoms with Crippen LogP contribution in [0.15, 0.2) is 24.3 Å². The molecule has 0 N–H and O–H groups in total. The summed E-state index contributed by atoms with van der Waals surface area (Å²) in [4.78, 5) is 11.4. The van der Waals surface area contributed by atoms with Gasteiger partial charge in [0.15, 0.2) is 0 Å². The van der Waals surface area contributed by atoms with Gasteiger partial charge < -0.3 is 13.9 Å². The largest absolute Gasteiger partial charge is 0.543 e. The van der Waals surface area contributed by atoms with Crippen molar-refractivity contribution in [3.63, 3.8) is 0 Å². The van der Waals surface area contributed by atoms with Gasteiger partial charge >= 0.3 is 5.97 Å². The Kier molecular flexibility index (Phi) is 8.05. The summed E-state index contributed by atoms with van der Waals surface area (Å²) in [5, 5.41) is 0. The van der Waals surface area contributed by atoms with Crippen LogP contribution in [0, 0.1) is 0 Å². The Bertz CT molecular complexity index is 617. The van der Waals surface area contributed by atoms with Crippen molar-refractivity contribution < 1.29 is 18.7 Å². The molecule has 158 valence electrons. The first-order chi connectivity index (χ1) is 13.2. The van der Waals surface area contributed by atoms with Gasteiger partial charge in [0.1, 0.15) is 5.75 Å². The van der Waals surface area contributed by atoms with Crippen LogP contribution in [0.2, 0.25) is 16.6 Å². The van der Waals surface area contributed by atoms with E-state index < -0.39 is 8.32 Å². The Morgan fingerprint density at radius 1 is 1.07 bits per heavy atom. The fourth-order valence-corrected chi connectivity index (χ4v) is 11.0. The minimum atomic E-state index is -1.95. The Labute approximate surface area is 175 Å². The third kappa shape index (κ3) is 4.77. The molecule has 1 aromatic carbocycles. The van der Waals surface area contributed by atoms with Gasteiger partial charge in [0, 0.05) is 5.75 Å². The molecule has 1 fully saturated rings. The van der Waals surface area contributed by atoms with Gasteiger partial charge in [0.2, 0.25) is 0 Å². The van der Waals surface area contributed by atoms with Crippen molar-refractivity contribution in [1.29, 1.82) is 0 Å². The molecule has 2 rings (SSSR count). The monoisotopic (exact) mass is 424 g/mol. The third-order valence-electron chi connectivity index (χ3n) is 5.96. The smallest absolute Gasteiger partial charge is 0.306 e. The van der Waals surface area contributed by atoms with Crippen molar-refractivity contribution in [2.24, 2.45) is 0 Å². The highest BCUT2D eigenvalue weighted by molar-refractivity contribution is 8.00. The van der Waals surface area contributed by atoms with Gasteiger partial charge in [-0.25, -0.2) is 0 Å². The zero-order valence-corrected chi connectivity index (χ0v) is 20.2. The first-order valence-corrected chi connectivity index (χ1v) is 13.4. The number of rotatable bonds is 10. The van der Waals surface area contributed by atoms with Gasteiger partial charge in [-0.05, 0) is 34.3 Å². The second kappa shape index (κ2) is 9.68. The molecule has 0 radical (unpaired) electrons. The van der Waals surface area contributed by atoms with Crippen molar-refractivity contribution in [3.05, 3.63) is 29.8 Å². The number of esters is 1. The van der Waals surface area contributed by atoms with E-state index in [4.69, 9.17) is 13.9 Å². The number of benzene rings is 1. The van der Waals surface area contributed by atoms with Gasteiger partial charge in [-0.15, -0.1) is 11.8 Å². The molecule has 4 nitrogen and oxygen atoms in total. The molecule has 1 heterocycles. The van der Waals surface area contributed by atoms with Crippen molar-refractivity contribution in [1.82, 2.24) is 0 Å². The molecule has 0 spiro atoms. The van der Waals surface area contributed by atoms with E-state index in [9.17, 15) is 4.79 Å². The molecule has 0 aromatic heterocycles. The predicted octanol–water partition coefficient (Wildman–Crippen LogP) is 5.76. The lowest BCUT2D eigenvalue weighted by Crippen LogP contribution is -2.50. The highest BCUT2D eigenvalue weighted by Gasteiger charge is 2.47. The lowest BCUT2D eigenvalue weighted by atomic mass is 9.96. The van der Waals surface area contributed by atoms with E-state index in [2.05, 4.69) is 65.8 Å². The molecule has 28 heavy (non-hydrogen) atoms. The fourth-order valence-electron chi connectivity index (χ4n) is 4.44. The summed E-state index contributed by atoms with van der Waals surface area (Å²) in [5.74, 6) is 1.55. The van der Waals surface area contributed by atoms with E-state index in [1.807, 2.05) is 0 Å². The summed E-state index contributed by atoms with van der Waals surface area (Å²) in [6, 6.07) is 8.57. The maximum absolute atomic E-state index is 11.4. The van der Waals surface area contributed by atoms with Crippen molar-refractivity contribution >= 4 is 26.0 Å². The second-order valence-electron chi connectivity index (χ2n) is 8.61. The van der Waals surface area contributed by atoms with Gasteiger partial charge in [-0.1, -0.05) is 53.7 Å². The topological polar surface area (TPSA) is 44.8 Å². The van der Waals surface area contributed by atoms with Crippen LogP contribution in [0.5, 0.6) is 5.75 Å². The SMILES string of the molecule is COC(=O)CCSC1(c2ccc(O[Si](C(C)C)(C(C)C)C(C)C)cc2)COC1. The third-order valence-corrected chi connectivity index (χ3v) is 13.4. The maximum Gasteiger partial charge on any atom is 0.306 e. The number of methoxy groups -OCH3 is 1. The van der Waals surface area contributed by atoms with E-state index in [1.165, 1.54) is 12.7 Å². The number of thioether (sulfide) groups is 1. The predicted molar refractivity (Wildman–Crippen MR) is 120 cm³/mol. The molecule has 0 bridgehead atoms. The Morgan fingerprint density at radius 2 is 1.61 bits per heavy atom. The highest BCUT2D eigenvalue weighted by Crippen LogP contribution is 2.45. The summed E-state index contributed by atoms with van der Waals surface area (Å²) in [7, 11) is -0.512. The standard InChI is InChI=1S/C22H36O4SSi/c1-16(2)28(17(3)4,18(5)6)26-20-10-8-19(9-11-20)22(14-25-15-22)27-13-12-21(23)24-7/h8-11,16-18H,12-15H2,1-7H3. The summed E-state index contributed by atoms with van der Waals surface area (Å²) < 4.78 is 17.0. The highest BCUT2D eigenvalue weighted by atomic mass is 32.2. The van der Waals surface area contributed by atoms with E-state index in [0.717, 1.165) is 11.5 Å². The average molecular weight is 425 g/mol. The van der Waals surface area contributed by atoms with Crippen LogP contribution in [0.4, 0.5) is 0 Å². The molecule has 0 unspecified atom stereocenters. The van der Waals surface area contributed by atoms with Gasteiger partial charge in [-0.2, -0.15) is 0 Å². The second-order valence-corrected chi connectivity index (χ2v) is 15.5. The lowest BCUT2D eigenvalue weighted by molar-refractivity contribution is -0.140. The molecule has 1 aliphatic heterocycles. The van der Waals surface area contributed by atoms with Crippen LogP contribution < -0.4 is 4.43 Å². The van der Waals surface area contributed by atoms with E-state index in [-0.39, 0.29) is 10.7 Å². The number of hydrogen-bond acceptors (Lipinski definition) is 5. The van der Waals surface area contributed by atoms with Crippen molar-refractivity contribution in [3.8, 4) is 5.75 Å². The van der Waals surface area contributed by atoms with E-state index >= 15 is 0 Å². The molecule has 0 amide bonds. The van der Waals surface area contributed by atoms with Crippen LogP contribution in [-0.2, 0) is 19.0 Å². The quantitative estimate of drug-likeness (QED) is 0.353. The van der Waals surface area contributed by atoms with E-state index in [0.29, 0.717) is 36.3 Å². The molecular weight excluding hydrogens is 388 g/mol. The van der Waals surface area contributed by atoms with Gasteiger partial charge in [0.05, 0.1) is 31.5 Å². The van der Waals surface area contributed by atoms with Crippen molar-refractivity contribution in [2.75, 3.05) is 26.1 Å². The molecule has 1 aromatic rings. The van der Waals surface area contributed by atoms with Crippen LogP contribution in [0.25, 0.3) is 0 Å². The lowest BCUT2D eigenvalue weighted by Gasteiger charge is -2.43. The molecule has 0 atom stereocenters. The number of carbonyl (C=O) groups is 1. The molecule has 0 saturated carbocycles. The van der Waals surface area contributed by atoms with Crippen LogP contribution in [-0.4, -0.2) is 40.4 Å². The van der Waals surface area contributed by atoms with Crippen LogP contribution in [0.3, 0.4) is 0 Å². The van der Waals surface area contributed by atoms with Gasteiger partial charge in [0.25, 0.3) is 8.32 Å².